The summed E-state index contributed by atoms with van der Waals surface area (Å²) in [5.74, 6) is 1.14. The third-order valence-electron chi connectivity index (χ3n) is 3.11. The van der Waals surface area contributed by atoms with Crippen LogP contribution in [0.5, 0.6) is 0 Å². The fourth-order valence-corrected chi connectivity index (χ4v) is 3.04. The molecular weight excluding hydrogens is 282 g/mol. The highest BCUT2D eigenvalue weighted by atomic mass is 32.2. The maximum Gasteiger partial charge on any atom is 0.417 e. The minimum Gasteiger partial charge on any atom is -0.445 e. The molecule has 1 amide bonds. The van der Waals surface area contributed by atoms with Gasteiger partial charge in [0.1, 0.15) is 6.10 Å². The summed E-state index contributed by atoms with van der Waals surface area (Å²) in [5.41, 5.74) is 0.322. The van der Waals surface area contributed by atoms with Crippen LogP contribution in [0.2, 0.25) is 0 Å². The summed E-state index contributed by atoms with van der Waals surface area (Å²) in [4.78, 5) is 11.7. The fraction of sp³-hybridized carbons (Fsp3) is 0.824. The molecule has 0 aliphatic heterocycles. The Hall–Kier alpha value is -0.640. The molecule has 1 unspecified atom stereocenters. The van der Waals surface area contributed by atoms with Crippen molar-refractivity contribution in [2.75, 3.05) is 0 Å². The molecule has 0 aromatic heterocycles. The summed E-state index contributed by atoms with van der Waals surface area (Å²) < 4.78 is 8.17. The largest absolute Gasteiger partial charge is 0.445 e. The zero-order valence-electron chi connectivity index (χ0n) is 14.9. The van der Waals surface area contributed by atoms with Crippen LogP contribution in [0.3, 0.4) is 0 Å². The molecule has 4 heteroatoms. The zero-order chi connectivity index (χ0) is 16.6. The smallest absolute Gasteiger partial charge is 0.417 e. The van der Waals surface area contributed by atoms with Gasteiger partial charge in [0, 0.05) is 0 Å². The number of hydrogen-bond acceptors (Lipinski definition) is 3. The van der Waals surface area contributed by atoms with E-state index < -0.39 is 0 Å². The van der Waals surface area contributed by atoms with Crippen LogP contribution in [-0.2, 0) is 4.74 Å². The van der Waals surface area contributed by atoms with Gasteiger partial charge < -0.3 is 4.74 Å². The van der Waals surface area contributed by atoms with Crippen LogP contribution in [0.1, 0.15) is 61.8 Å². The second-order valence-corrected chi connectivity index (χ2v) is 8.36. The van der Waals surface area contributed by atoms with Crippen molar-refractivity contribution < 1.29 is 9.53 Å². The second-order valence-electron chi connectivity index (χ2n) is 7.65. The van der Waals surface area contributed by atoms with Gasteiger partial charge in [-0.15, -0.1) is 0 Å². The first-order valence-electron chi connectivity index (χ1n) is 7.82. The third-order valence-corrected chi connectivity index (χ3v) is 3.69. The van der Waals surface area contributed by atoms with Crippen molar-refractivity contribution in [3.8, 4) is 0 Å². The molecule has 3 nitrogen and oxygen atoms in total. The van der Waals surface area contributed by atoms with Crippen LogP contribution < -0.4 is 4.72 Å². The first kappa shape index (κ1) is 20.4. The number of carbonyl (C=O) groups is 1. The minimum atomic E-state index is -0.361. The molecular formula is C17H33NO2S. The number of allylic oxidation sites excluding steroid dienone is 1. The van der Waals surface area contributed by atoms with E-state index in [9.17, 15) is 4.79 Å². The fourth-order valence-electron chi connectivity index (χ4n) is 2.48. The summed E-state index contributed by atoms with van der Waals surface area (Å²) in [7, 11) is 0. The van der Waals surface area contributed by atoms with Crippen LogP contribution >= 0.6 is 11.9 Å². The quantitative estimate of drug-likeness (QED) is 0.619. The Bertz CT molecular complexity index is 324. The molecule has 0 aromatic carbocycles. The first-order chi connectivity index (χ1) is 9.53. The van der Waals surface area contributed by atoms with Crippen molar-refractivity contribution in [1.82, 2.24) is 4.72 Å². The molecule has 1 N–H and O–H groups in total. The zero-order valence-corrected chi connectivity index (χ0v) is 15.7. The molecule has 0 aliphatic rings. The highest BCUT2D eigenvalue weighted by Crippen LogP contribution is 2.25. The van der Waals surface area contributed by atoms with Crippen molar-refractivity contribution in [2.45, 2.75) is 67.9 Å². The van der Waals surface area contributed by atoms with Crippen molar-refractivity contribution >= 4 is 18.0 Å². The molecule has 0 rings (SSSR count). The van der Waals surface area contributed by atoms with Crippen molar-refractivity contribution in [2.24, 2.45) is 23.2 Å². The lowest BCUT2D eigenvalue weighted by molar-refractivity contribution is 0.0464. The van der Waals surface area contributed by atoms with Crippen LogP contribution in [0, 0.1) is 23.2 Å². The van der Waals surface area contributed by atoms with E-state index in [4.69, 9.17) is 4.74 Å². The van der Waals surface area contributed by atoms with Gasteiger partial charge in [0.05, 0.1) is 0 Å². The average molecular weight is 316 g/mol. The number of ether oxygens (including phenoxy) is 1. The lowest BCUT2D eigenvalue weighted by Crippen LogP contribution is -2.32. The lowest BCUT2D eigenvalue weighted by Gasteiger charge is -2.24. The second kappa shape index (κ2) is 9.39. The molecule has 124 valence electrons. The molecule has 1 atom stereocenters. The van der Waals surface area contributed by atoms with E-state index in [1.807, 2.05) is 5.41 Å². The van der Waals surface area contributed by atoms with Crippen LogP contribution in [0.25, 0.3) is 0 Å². The van der Waals surface area contributed by atoms with Gasteiger partial charge >= 0.3 is 6.09 Å². The predicted molar refractivity (Wildman–Crippen MR) is 93.0 cm³/mol. The van der Waals surface area contributed by atoms with Gasteiger partial charge in [-0.25, -0.2) is 4.79 Å². The first-order valence-corrected chi connectivity index (χ1v) is 8.70. The SMILES string of the molecule is CC(/C=C\SNC(=O)OC(C(C)C)C(C)C)CC(C)(C)C. The van der Waals surface area contributed by atoms with Crippen molar-refractivity contribution in [1.29, 1.82) is 0 Å². The molecule has 21 heavy (non-hydrogen) atoms. The van der Waals surface area contributed by atoms with Gasteiger partial charge in [-0.1, -0.05) is 61.5 Å². The predicted octanol–water partition coefficient (Wildman–Crippen LogP) is 5.63. The standard InChI is InChI=1S/C17H33NO2S/c1-12(2)15(13(3)4)20-16(19)18-21-10-9-14(5)11-17(6,7)8/h9-10,12-15H,11H2,1-8H3,(H,18,19)/b10-9-. The molecule has 0 aromatic rings. The Morgan fingerprint density at radius 3 is 2.10 bits per heavy atom. The summed E-state index contributed by atoms with van der Waals surface area (Å²) in [5, 5.41) is 1.93. The minimum absolute atomic E-state index is 0.0469. The van der Waals surface area contributed by atoms with Crippen LogP contribution in [0.4, 0.5) is 4.79 Å². The molecule has 0 saturated heterocycles. The number of hydrogen-bond donors (Lipinski definition) is 1. The Balaban J connectivity index is 4.09. The normalized spacial score (nSPS) is 14.2. The van der Waals surface area contributed by atoms with Crippen LogP contribution in [-0.4, -0.2) is 12.2 Å². The van der Waals surface area contributed by atoms with Gasteiger partial charge in [-0.2, -0.15) is 0 Å². The van der Waals surface area contributed by atoms with Crippen LogP contribution in [0.15, 0.2) is 11.5 Å². The molecule has 0 saturated carbocycles. The Labute approximate surface area is 135 Å². The van der Waals surface area contributed by atoms with E-state index in [1.165, 1.54) is 11.9 Å². The van der Waals surface area contributed by atoms with E-state index in [-0.39, 0.29) is 12.2 Å². The summed E-state index contributed by atoms with van der Waals surface area (Å²) in [6.45, 7) is 17.2. The van der Waals surface area contributed by atoms with Crippen molar-refractivity contribution in [3.63, 3.8) is 0 Å². The average Bonchev–Trinajstić information content (AvgIpc) is 2.28. The number of nitrogens with one attached hydrogen (secondary N) is 1. The summed E-state index contributed by atoms with van der Waals surface area (Å²) in [6, 6.07) is 0. The topological polar surface area (TPSA) is 38.3 Å². The number of amides is 1. The Morgan fingerprint density at radius 1 is 1.14 bits per heavy atom. The maximum absolute atomic E-state index is 11.7. The van der Waals surface area contributed by atoms with Crippen molar-refractivity contribution in [3.05, 3.63) is 11.5 Å². The highest BCUT2D eigenvalue weighted by Gasteiger charge is 2.21. The highest BCUT2D eigenvalue weighted by molar-refractivity contribution is 8.00. The lowest BCUT2D eigenvalue weighted by atomic mass is 9.86. The molecule has 0 spiro atoms. The number of carbonyl (C=O) groups excluding carboxylic acids is 1. The van der Waals surface area contributed by atoms with Gasteiger partial charge in [-0.05, 0) is 46.9 Å². The maximum atomic E-state index is 11.7. The molecule has 0 fully saturated rings. The Morgan fingerprint density at radius 2 is 1.67 bits per heavy atom. The number of rotatable bonds is 7. The molecule has 0 heterocycles. The Kier molecular flexibility index (Phi) is 9.11. The summed E-state index contributed by atoms with van der Waals surface area (Å²) in [6.07, 6.45) is 2.84. The van der Waals surface area contributed by atoms with E-state index in [0.29, 0.717) is 23.2 Å². The van der Waals surface area contributed by atoms with E-state index in [1.54, 1.807) is 0 Å². The van der Waals surface area contributed by atoms with E-state index in [2.05, 4.69) is 66.2 Å². The third kappa shape index (κ3) is 10.7. The van der Waals surface area contributed by atoms with E-state index in [0.717, 1.165) is 6.42 Å². The van der Waals surface area contributed by atoms with Gasteiger partial charge in [0.15, 0.2) is 0 Å². The molecule has 0 bridgehead atoms. The van der Waals surface area contributed by atoms with Gasteiger partial charge in [0.25, 0.3) is 0 Å². The molecule has 0 aliphatic carbocycles. The van der Waals surface area contributed by atoms with E-state index >= 15 is 0 Å². The summed E-state index contributed by atoms with van der Waals surface area (Å²) >= 11 is 1.28. The van der Waals surface area contributed by atoms with Gasteiger partial charge in [0.2, 0.25) is 0 Å². The van der Waals surface area contributed by atoms with Gasteiger partial charge in [-0.3, -0.25) is 4.72 Å². The molecule has 0 radical (unpaired) electrons. The monoisotopic (exact) mass is 315 g/mol.